The van der Waals surface area contributed by atoms with Crippen LogP contribution in [0.1, 0.15) is 189 Å². The van der Waals surface area contributed by atoms with Crippen LogP contribution >= 0.6 is 0 Å². The van der Waals surface area contributed by atoms with Crippen LogP contribution in [0.5, 0.6) is 0 Å². The maximum atomic E-state index is 12.7. The topological polar surface area (TPSA) is 234 Å². The molecule has 2 unspecified atom stereocenters. The van der Waals surface area contributed by atoms with Crippen LogP contribution in [-0.4, -0.2) is 144 Å². The van der Waals surface area contributed by atoms with E-state index in [9.17, 15) is 29.4 Å². The lowest BCUT2D eigenvalue weighted by molar-refractivity contribution is -0.119. The van der Waals surface area contributed by atoms with Crippen LogP contribution in [0.2, 0.25) is 0 Å². The molecular weight excluding hydrogens is 1600 g/mol. The smallest absolute Gasteiger partial charge is 0.166 e. The highest BCUT2D eigenvalue weighted by Crippen LogP contribution is 2.67. The fourth-order valence-electron chi connectivity index (χ4n) is 27.1. The second-order valence-corrected chi connectivity index (χ2v) is 40.2. The van der Waals surface area contributed by atoms with Gasteiger partial charge in [0.15, 0.2) is 23.1 Å². The number of Topliss-reactive ketones (excluding diaryl/α,β-unsaturated/α-hetero) is 4. The number of ketones is 4. The maximum Gasteiger partial charge on any atom is 0.166 e. The predicted octanol–water partition coefficient (Wildman–Crippen LogP) is 19.9. The summed E-state index contributed by atoms with van der Waals surface area (Å²) in [4.78, 5) is 67.5. The Morgan fingerprint density at radius 1 is 0.383 bits per heavy atom. The lowest BCUT2D eigenvalue weighted by atomic mass is 9.60. The van der Waals surface area contributed by atoms with Gasteiger partial charge in [-0.15, -0.1) is 0 Å². The van der Waals surface area contributed by atoms with Gasteiger partial charge in [0.25, 0.3) is 0 Å². The van der Waals surface area contributed by atoms with Crippen molar-refractivity contribution < 1.29 is 67.3 Å². The Labute approximate surface area is 748 Å². The number of methoxy groups -OCH3 is 4. The molecule has 8 heterocycles. The van der Waals surface area contributed by atoms with Crippen molar-refractivity contribution in [3.05, 3.63) is 285 Å². The Kier molecular flexibility index (Phi) is 22.1. The Balaban J connectivity index is 0.000000104. The van der Waals surface area contributed by atoms with E-state index in [0.717, 1.165) is 144 Å². The molecule has 18 heteroatoms. The van der Waals surface area contributed by atoms with Gasteiger partial charge in [-0.3, -0.25) is 39.1 Å². The molecule has 18 nitrogen and oxygen atoms in total. The van der Waals surface area contributed by atoms with E-state index < -0.39 is 0 Å². The molecule has 4 aromatic carbocycles. The molecule has 128 heavy (non-hydrogen) atoms. The molecule has 6 fully saturated rings. The molecule has 4 aromatic heterocycles. The molecule has 0 radical (unpaired) electrons. The van der Waals surface area contributed by atoms with E-state index in [-0.39, 0.29) is 142 Å². The van der Waals surface area contributed by atoms with Gasteiger partial charge in [-0.1, -0.05) is 113 Å². The lowest BCUT2D eigenvalue weighted by Crippen LogP contribution is -2.44. The molecule has 24 rings (SSSR count). The molecule has 0 spiro atoms. The molecule has 4 aliphatic heterocycles. The van der Waals surface area contributed by atoms with Crippen LogP contribution in [0.15, 0.2) is 263 Å². The lowest BCUT2D eigenvalue weighted by Gasteiger charge is -2.48. The Bertz CT molecular complexity index is 6190. The zero-order chi connectivity index (χ0) is 87.8. The second kappa shape index (κ2) is 33.5. The van der Waals surface area contributed by atoms with Gasteiger partial charge in [0, 0.05) is 222 Å². The number of pyridine rings is 4. The molecule has 22 atom stereocenters. The number of rotatable bonds is 10. The van der Waals surface area contributed by atoms with Crippen LogP contribution in [-0.2, 0) is 57.1 Å². The van der Waals surface area contributed by atoms with Gasteiger partial charge in [0.1, 0.15) is 47.5 Å². The molecule has 0 saturated heterocycles. The molecule has 660 valence electrons. The first-order valence-corrected chi connectivity index (χ1v) is 46.8. The zero-order valence-electron chi connectivity index (χ0n) is 74.6. The minimum atomic E-state index is -0.147. The minimum absolute atomic E-state index is 0.0127. The van der Waals surface area contributed by atoms with E-state index in [2.05, 4.69) is 181 Å². The monoisotopic (exact) mass is 1720 g/mol. The molecule has 16 aliphatic rings. The summed E-state index contributed by atoms with van der Waals surface area (Å²) in [6, 6.07) is 34.8. The number of carbonyl (C=O) groups excluding carboxylic acids is 4. The number of aromatic nitrogens is 4. The minimum Gasteiger partial charge on any atom is -0.489 e. The molecule has 2 N–H and O–H groups in total. The Morgan fingerprint density at radius 3 is 1.29 bits per heavy atom. The van der Waals surface area contributed by atoms with Gasteiger partial charge in [0.05, 0.1) is 46.7 Å². The number of aliphatic hydroxyl groups excluding tert-OH is 2. The number of carbonyl (C=O) groups is 4. The van der Waals surface area contributed by atoms with Crippen molar-refractivity contribution >= 4 is 66.2 Å². The predicted molar refractivity (Wildman–Crippen MR) is 490 cm³/mol. The van der Waals surface area contributed by atoms with E-state index in [0.29, 0.717) is 67.8 Å². The van der Waals surface area contributed by atoms with E-state index in [1.807, 2.05) is 83.0 Å². The normalized spacial score (nSPS) is 34.9. The van der Waals surface area contributed by atoms with Crippen molar-refractivity contribution in [2.45, 2.75) is 216 Å². The molecule has 6 saturated carbocycles. The number of allylic oxidation sites excluding steroid dienone is 14. The third kappa shape index (κ3) is 14.1. The molecule has 0 amide bonds. The summed E-state index contributed by atoms with van der Waals surface area (Å²) >= 11 is 0. The van der Waals surface area contributed by atoms with Crippen molar-refractivity contribution in [2.75, 3.05) is 41.7 Å². The number of fused-ring (bicyclic) bond motifs is 16. The summed E-state index contributed by atoms with van der Waals surface area (Å²) in [5.74, 6) is 6.16. The van der Waals surface area contributed by atoms with E-state index in [4.69, 9.17) is 37.9 Å². The third-order valence-corrected chi connectivity index (χ3v) is 33.7. The summed E-state index contributed by atoms with van der Waals surface area (Å²) in [5.41, 5.74) is 13.0. The number of hydrogen-bond acceptors (Lipinski definition) is 18. The largest absolute Gasteiger partial charge is 0.489 e. The van der Waals surface area contributed by atoms with Crippen LogP contribution < -0.4 is 0 Å². The van der Waals surface area contributed by atoms with Gasteiger partial charge in [-0.25, -0.2) is 0 Å². The van der Waals surface area contributed by atoms with Crippen molar-refractivity contribution in [1.29, 1.82) is 0 Å². The number of hydrogen-bond donors (Lipinski definition) is 2. The van der Waals surface area contributed by atoms with Gasteiger partial charge in [-0.2, -0.15) is 0 Å². The second-order valence-electron chi connectivity index (χ2n) is 40.2. The van der Waals surface area contributed by atoms with E-state index >= 15 is 0 Å². The Hall–Kier alpha value is -10.4. The first kappa shape index (κ1) is 84.4. The van der Waals surface area contributed by atoms with Crippen LogP contribution in [0.3, 0.4) is 0 Å². The van der Waals surface area contributed by atoms with Crippen molar-refractivity contribution in [3.8, 4) is 0 Å². The van der Waals surface area contributed by atoms with Gasteiger partial charge >= 0.3 is 0 Å². The summed E-state index contributed by atoms with van der Waals surface area (Å²) in [5, 5.41) is 28.8. The quantitative estimate of drug-likeness (QED) is 0.129. The highest BCUT2D eigenvalue weighted by Gasteiger charge is 2.63. The van der Waals surface area contributed by atoms with Crippen molar-refractivity contribution in [3.63, 3.8) is 0 Å². The standard InChI is InChI=1S/C28H31NO4.C28H29NO4.C27H29NO3.C27H27NO3/c2*1-28-7-5-19-12-21-23(31)9-16(15-30)10-24(21)33-27(19)22(28)13-25(32-2)26(28)18-4-3-17-6-8-29-14-20(17)11-18;2*1-27-11-9-16-13-20-22(29)7-4-8-23(20)31-26(16)21(27)14-24(30-2)25(27)19-6-3-5-17-15-28-12-10-18(17)19/h3-4,6,8,11-12,14,16,22,25-27,30H,5,7,9-10,13,15H2,1-2H3;3-8,11-12,14,16,22,25-27,30H,9-10,13,15H2,1-2H3;3,5-6,10,12-13,15,21,24-26H,4,7-9,11,14H2,1-2H3;3,5-6,9-13,15,21,24-26H,4,7-8,14H2,1-2H3/t2*16?,22-,25+,26-,27+,28-;2*21-,24+,25-,26+,27-/m0000/s1. The fraction of sp³-hybridized carbons (Fsp3) is 0.455. The van der Waals surface area contributed by atoms with Gasteiger partial charge in [-0.05, 0) is 214 Å². The molecular formula is C110H116N4O14. The summed E-state index contributed by atoms with van der Waals surface area (Å²) in [6.45, 7) is 9.56. The summed E-state index contributed by atoms with van der Waals surface area (Å²) in [7, 11) is 7.30. The zero-order valence-corrected chi connectivity index (χ0v) is 74.6. The SMILES string of the molecule is CO[C@@H]1C[C@H]2[C@@H]3OC4=C(C=C3C=C[C@]2(C)[C@H]1c1ccc2ccncc2c1)C(=O)CC(CO)C4.CO[C@@H]1C[C@H]2[C@@H]3OC4=C(C=C3C=C[C@]2(C)[C@H]1c1cccc2cnccc12)C(=O)CCC4.CO[C@@H]1C[C@H]2[C@@H]3OC4=C(C=C3CC[C@]2(C)[C@H]1c1ccc2ccncc2c1)C(=O)CC(CO)C4.CO[C@@H]1C[C@H]2[C@@H]3OC4=C(C=C3CC[C@]2(C)[C@H]1c1cccc2cnccc12)C(=O)CCC4. The first-order chi connectivity index (χ1) is 62.2. The number of ether oxygens (including phenoxy) is 8. The molecule has 8 aromatic rings. The summed E-state index contributed by atoms with van der Waals surface area (Å²) < 4.78 is 50.8. The van der Waals surface area contributed by atoms with Gasteiger partial charge in [0.2, 0.25) is 0 Å². The van der Waals surface area contributed by atoms with Crippen LogP contribution in [0, 0.1) is 57.2 Å². The first-order valence-electron chi connectivity index (χ1n) is 46.8. The highest BCUT2D eigenvalue weighted by atomic mass is 16.5. The average Bonchev–Trinajstić information content (AvgIpc) is 1.56. The average molecular weight is 1720 g/mol. The van der Waals surface area contributed by atoms with Gasteiger partial charge < -0.3 is 48.1 Å². The maximum absolute atomic E-state index is 12.7. The van der Waals surface area contributed by atoms with Crippen molar-refractivity contribution in [2.24, 2.45) is 57.2 Å². The highest BCUT2D eigenvalue weighted by molar-refractivity contribution is 6.02. The van der Waals surface area contributed by atoms with Crippen LogP contribution in [0.4, 0.5) is 0 Å². The molecule has 0 bridgehead atoms. The number of nitrogens with zero attached hydrogens (tertiary/aromatic N) is 4. The van der Waals surface area contributed by atoms with E-state index in [1.165, 1.54) is 60.3 Å². The third-order valence-electron chi connectivity index (χ3n) is 33.7. The van der Waals surface area contributed by atoms with Crippen LogP contribution in [0.25, 0.3) is 43.1 Å². The number of aliphatic hydroxyl groups is 2. The summed E-state index contributed by atoms with van der Waals surface area (Å²) in [6.07, 6.45) is 47.7. The molecule has 12 aliphatic carbocycles. The van der Waals surface area contributed by atoms with E-state index in [1.54, 1.807) is 7.11 Å². The van der Waals surface area contributed by atoms with Crippen molar-refractivity contribution in [1.82, 2.24) is 19.9 Å². The fourth-order valence-corrected chi connectivity index (χ4v) is 27.1. The Morgan fingerprint density at radius 2 is 0.781 bits per heavy atom. The number of benzene rings is 4.